The Labute approximate surface area is 163 Å². The molecular weight excluding hydrogens is 352 g/mol. The number of hydrogen-bond donors (Lipinski definition) is 2. The monoisotopic (exact) mass is 374 g/mol. The van der Waals surface area contributed by atoms with E-state index in [0.717, 1.165) is 18.4 Å². The predicted octanol–water partition coefficient (Wildman–Crippen LogP) is 3.39. The molecule has 1 aromatic heterocycles. The number of amides is 1. The quantitative estimate of drug-likeness (QED) is 0.685. The van der Waals surface area contributed by atoms with Gasteiger partial charge in [-0.05, 0) is 18.4 Å². The summed E-state index contributed by atoms with van der Waals surface area (Å²) in [7, 11) is 0. The van der Waals surface area contributed by atoms with Crippen molar-refractivity contribution in [2.45, 2.75) is 12.8 Å². The number of likely N-dealkylation sites (tertiary alicyclic amines) is 1. The number of H-pyrrole nitrogens is 1. The second-order valence-electron chi connectivity index (χ2n) is 7.05. The molecule has 0 unspecified atom stereocenters. The van der Waals surface area contributed by atoms with E-state index >= 15 is 0 Å². The number of Topliss-reactive ketones (excluding diaryl/α,β-unsaturated/α-hetero) is 1. The fraction of sp³-hybridized carbons (Fsp3) is 0.227. The Morgan fingerprint density at radius 1 is 1.04 bits per heavy atom. The van der Waals surface area contributed by atoms with Crippen LogP contribution in [0.15, 0.2) is 60.7 Å². The van der Waals surface area contributed by atoms with Crippen molar-refractivity contribution in [2.75, 3.05) is 18.8 Å². The molecule has 0 bridgehead atoms. The molecule has 6 heteroatoms. The number of aromatic nitrogens is 2. The van der Waals surface area contributed by atoms with Gasteiger partial charge in [-0.2, -0.15) is 5.10 Å². The average Bonchev–Trinajstić information content (AvgIpc) is 3.15. The van der Waals surface area contributed by atoms with Crippen molar-refractivity contribution in [3.05, 3.63) is 71.9 Å². The largest absolute Gasteiger partial charge is 0.382 e. The molecule has 1 aliphatic heterocycles. The molecular formula is C22H22N4O2. The van der Waals surface area contributed by atoms with E-state index in [1.165, 1.54) is 0 Å². The van der Waals surface area contributed by atoms with E-state index in [4.69, 9.17) is 5.73 Å². The molecule has 0 saturated carbocycles. The number of rotatable bonds is 4. The molecule has 0 aliphatic carbocycles. The fourth-order valence-corrected chi connectivity index (χ4v) is 3.78. The summed E-state index contributed by atoms with van der Waals surface area (Å²) in [5, 5.41) is 6.84. The zero-order valence-corrected chi connectivity index (χ0v) is 15.5. The summed E-state index contributed by atoms with van der Waals surface area (Å²) in [5.41, 5.74) is 8.54. The first-order valence-electron chi connectivity index (χ1n) is 9.43. The average molecular weight is 374 g/mol. The lowest BCUT2D eigenvalue weighted by atomic mass is 9.89. The van der Waals surface area contributed by atoms with Crippen LogP contribution in [0, 0.1) is 5.92 Å². The summed E-state index contributed by atoms with van der Waals surface area (Å²) in [6, 6.07) is 18.8. The van der Waals surface area contributed by atoms with Gasteiger partial charge in [-0.15, -0.1) is 0 Å². The van der Waals surface area contributed by atoms with Crippen molar-refractivity contribution < 1.29 is 9.59 Å². The minimum atomic E-state index is -0.194. The van der Waals surface area contributed by atoms with Crippen LogP contribution in [0.25, 0.3) is 11.1 Å². The van der Waals surface area contributed by atoms with Crippen molar-refractivity contribution in [2.24, 2.45) is 5.92 Å². The highest BCUT2D eigenvalue weighted by Crippen LogP contribution is 2.30. The van der Waals surface area contributed by atoms with Crippen LogP contribution in [0.3, 0.4) is 0 Å². The molecule has 1 saturated heterocycles. The molecule has 1 aliphatic rings. The lowest BCUT2D eigenvalue weighted by Gasteiger charge is -2.32. The van der Waals surface area contributed by atoms with Gasteiger partial charge in [-0.25, -0.2) is 0 Å². The number of anilines is 1. The van der Waals surface area contributed by atoms with Gasteiger partial charge in [0.2, 0.25) is 0 Å². The van der Waals surface area contributed by atoms with Gasteiger partial charge in [-0.1, -0.05) is 60.7 Å². The summed E-state index contributed by atoms with van der Waals surface area (Å²) in [6.45, 7) is 1.02. The number of piperidine rings is 1. The Morgan fingerprint density at radius 2 is 1.71 bits per heavy atom. The second kappa shape index (κ2) is 7.68. The molecule has 6 nitrogen and oxygen atoms in total. The third-order valence-electron chi connectivity index (χ3n) is 5.21. The number of ketones is 1. The summed E-state index contributed by atoms with van der Waals surface area (Å²) in [5.74, 6) is 0.0168. The molecule has 28 heavy (non-hydrogen) atoms. The van der Waals surface area contributed by atoms with Crippen LogP contribution in [0.1, 0.15) is 33.7 Å². The third kappa shape index (κ3) is 3.41. The minimum Gasteiger partial charge on any atom is -0.382 e. The Bertz CT molecular complexity index is 982. The van der Waals surface area contributed by atoms with E-state index in [0.29, 0.717) is 35.7 Å². The van der Waals surface area contributed by atoms with Crippen LogP contribution in [0.2, 0.25) is 0 Å². The molecule has 0 radical (unpaired) electrons. The highest BCUT2D eigenvalue weighted by molar-refractivity contribution is 6.02. The van der Waals surface area contributed by atoms with Gasteiger partial charge < -0.3 is 10.6 Å². The minimum absolute atomic E-state index is 0.0884. The Kier molecular flexibility index (Phi) is 4.93. The molecule has 1 atom stereocenters. The first kappa shape index (κ1) is 18.0. The van der Waals surface area contributed by atoms with Crippen LogP contribution in [-0.2, 0) is 0 Å². The molecule has 1 fully saturated rings. The van der Waals surface area contributed by atoms with Gasteiger partial charge in [0, 0.05) is 24.6 Å². The Hall–Kier alpha value is -3.41. The number of aromatic amines is 1. The summed E-state index contributed by atoms with van der Waals surface area (Å²) in [6.07, 6.45) is 1.58. The van der Waals surface area contributed by atoms with E-state index in [9.17, 15) is 9.59 Å². The van der Waals surface area contributed by atoms with E-state index in [2.05, 4.69) is 10.2 Å². The van der Waals surface area contributed by atoms with Crippen molar-refractivity contribution in [3.63, 3.8) is 0 Å². The summed E-state index contributed by atoms with van der Waals surface area (Å²) in [4.78, 5) is 27.7. The highest BCUT2D eigenvalue weighted by atomic mass is 16.2. The molecule has 2 aromatic carbocycles. The second-order valence-corrected chi connectivity index (χ2v) is 7.05. The lowest BCUT2D eigenvalue weighted by Crippen LogP contribution is -2.42. The maximum Gasteiger partial charge on any atom is 0.272 e. The topological polar surface area (TPSA) is 92.1 Å². The third-order valence-corrected chi connectivity index (χ3v) is 5.21. The first-order chi connectivity index (χ1) is 13.6. The zero-order chi connectivity index (χ0) is 19.5. The molecule has 142 valence electrons. The van der Waals surface area contributed by atoms with Crippen LogP contribution in [-0.4, -0.2) is 39.9 Å². The zero-order valence-electron chi connectivity index (χ0n) is 15.5. The number of nitrogen functional groups attached to an aromatic ring is 1. The Morgan fingerprint density at radius 3 is 2.43 bits per heavy atom. The van der Waals surface area contributed by atoms with Gasteiger partial charge in [0.1, 0.15) is 5.69 Å². The van der Waals surface area contributed by atoms with Crippen LogP contribution in [0.4, 0.5) is 5.82 Å². The van der Waals surface area contributed by atoms with Crippen LogP contribution in [0.5, 0.6) is 0 Å². The molecule has 3 aromatic rings. The number of nitrogens with one attached hydrogen (secondary N) is 1. The smallest absolute Gasteiger partial charge is 0.272 e. The molecule has 0 spiro atoms. The van der Waals surface area contributed by atoms with E-state index in [1.54, 1.807) is 4.90 Å². The lowest BCUT2D eigenvalue weighted by molar-refractivity contribution is 0.0632. The van der Waals surface area contributed by atoms with E-state index < -0.39 is 0 Å². The van der Waals surface area contributed by atoms with E-state index in [-0.39, 0.29) is 17.6 Å². The van der Waals surface area contributed by atoms with Gasteiger partial charge in [0.15, 0.2) is 11.6 Å². The van der Waals surface area contributed by atoms with Crippen molar-refractivity contribution in [3.8, 4) is 11.1 Å². The number of carbonyl (C=O) groups is 2. The summed E-state index contributed by atoms with van der Waals surface area (Å²) < 4.78 is 0. The number of benzene rings is 2. The fourth-order valence-electron chi connectivity index (χ4n) is 3.78. The van der Waals surface area contributed by atoms with Crippen molar-refractivity contribution >= 4 is 17.5 Å². The standard InChI is InChI=1S/C22H22N4O2/c23-21-18(15-8-3-1-4-9-15)19(24-25-21)22(28)26-13-7-12-17(14-26)20(27)16-10-5-2-6-11-16/h1-6,8-11,17H,7,12-14H2,(H3,23,24,25)/t17-/m0/s1. The molecule has 2 heterocycles. The Balaban J connectivity index is 1.57. The number of carbonyl (C=O) groups excluding carboxylic acids is 2. The van der Waals surface area contributed by atoms with Crippen LogP contribution >= 0.6 is 0 Å². The van der Waals surface area contributed by atoms with Gasteiger partial charge in [0.05, 0.1) is 5.56 Å². The van der Waals surface area contributed by atoms with Gasteiger partial charge in [-0.3, -0.25) is 14.7 Å². The van der Waals surface area contributed by atoms with Gasteiger partial charge in [0.25, 0.3) is 5.91 Å². The maximum atomic E-state index is 13.2. The predicted molar refractivity (Wildman–Crippen MR) is 108 cm³/mol. The molecule has 4 rings (SSSR count). The molecule has 3 N–H and O–H groups in total. The number of nitrogens with zero attached hydrogens (tertiary/aromatic N) is 2. The van der Waals surface area contributed by atoms with E-state index in [1.807, 2.05) is 60.7 Å². The number of nitrogens with two attached hydrogens (primary N) is 1. The normalized spacial score (nSPS) is 16.7. The summed E-state index contributed by atoms with van der Waals surface area (Å²) >= 11 is 0. The maximum absolute atomic E-state index is 13.2. The first-order valence-corrected chi connectivity index (χ1v) is 9.43. The SMILES string of the molecule is Nc1n[nH]c(C(=O)N2CCC[C@H](C(=O)c3ccccc3)C2)c1-c1ccccc1. The van der Waals surface area contributed by atoms with Gasteiger partial charge >= 0.3 is 0 Å². The molecule has 1 amide bonds. The highest BCUT2D eigenvalue weighted by Gasteiger charge is 2.31. The van der Waals surface area contributed by atoms with Crippen molar-refractivity contribution in [1.29, 1.82) is 0 Å². The van der Waals surface area contributed by atoms with Crippen molar-refractivity contribution in [1.82, 2.24) is 15.1 Å². The number of hydrogen-bond acceptors (Lipinski definition) is 4. The van der Waals surface area contributed by atoms with Crippen LogP contribution < -0.4 is 5.73 Å².